The first-order valence-corrected chi connectivity index (χ1v) is 4.90. The van der Waals surface area contributed by atoms with Gasteiger partial charge in [0.2, 0.25) is 0 Å². The summed E-state index contributed by atoms with van der Waals surface area (Å²) >= 11 is 0. The first-order chi connectivity index (χ1) is 6.29. The molecule has 0 amide bonds. The zero-order chi connectivity index (χ0) is 9.68. The van der Waals surface area contributed by atoms with E-state index in [4.69, 9.17) is 0 Å². The summed E-state index contributed by atoms with van der Waals surface area (Å²) in [6.45, 7) is 4.04. The molecule has 0 aliphatic rings. The van der Waals surface area contributed by atoms with Gasteiger partial charge in [0.15, 0.2) is 5.78 Å². The van der Waals surface area contributed by atoms with Gasteiger partial charge in [0.1, 0.15) is 0 Å². The van der Waals surface area contributed by atoms with Gasteiger partial charge in [-0.05, 0) is 12.0 Å². The average molecular weight is 176 g/mol. The molecule has 0 unspecified atom stereocenters. The third-order valence-electron chi connectivity index (χ3n) is 2.16. The lowest BCUT2D eigenvalue weighted by Gasteiger charge is -2.05. The Morgan fingerprint density at radius 3 is 2.54 bits per heavy atom. The predicted molar refractivity (Wildman–Crippen MR) is 55.1 cm³/mol. The summed E-state index contributed by atoms with van der Waals surface area (Å²) in [5.74, 6) is 0.254. The highest BCUT2D eigenvalue weighted by Crippen LogP contribution is 2.12. The summed E-state index contributed by atoms with van der Waals surface area (Å²) in [5, 5.41) is 0. The Morgan fingerprint density at radius 2 is 1.92 bits per heavy atom. The van der Waals surface area contributed by atoms with Gasteiger partial charge in [-0.1, -0.05) is 44.5 Å². The minimum absolute atomic E-state index is 0.254. The second kappa shape index (κ2) is 4.80. The average Bonchev–Trinajstić information content (AvgIpc) is 2.18. The molecule has 0 saturated carbocycles. The van der Waals surface area contributed by atoms with Crippen LogP contribution < -0.4 is 0 Å². The summed E-state index contributed by atoms with van der Waals surface area (Å²) in [6, 6.07) is 7.91. The van der Waals surface area contributed by atoms with Crippen LogP contribution >= 0.6 is 0 Å². The van der Waals surface area contributed by atoms with Gasteiger partial charge in [-0.3, -0.25) is 4.79 Å². The van der Waals surface area contributed by atoms with Crippen LogP contribution in [0.15, 0.2) is 24.3 Å². The fourth-order valence-corrected chi connectivity index (χ4v) is 1.47. The standard InChI is InChI=1S/C12H16O/c1-3-7-10-8-5-6-9-11(10)12(13)4-2/h5-6,8-9H,3-4,7H2,1-2H3. The van der Waals surface area contributed by atoms with Gasteiger partial charge in [-0.15, -0.1) is 0 Å². The van der Waals surface area contributed by atoms with Crippen LogP contribution in [-0.2, 0) is 6.42 Å². The zero-order valence-electron chi connectivity index (χ0n) is 8.34. The molecule has 0 atom stereocenters. The molecule has 0 fully saturated rings. The number of ketones is 1. The molecular formula is C12H16O. The molecule has 70 valence electrons. The molecule has 13 heavy (non-hydrogen) atoms. The molecule has 0 spiro atoms. The first-order valence-electron chi connectivity index (χ1n) is 4.90. The molecule has 0 radical (unpaired) electrons. The number of Topliss-reactive ketones (excluding diaryl/α,β-unsaturated/α-hetero) is 1. The van der Waals surface area contributed by atoms with Crippen LogP contribution in [0.3, 0.4) is 0 Å². The number of benzene rings is 1. The molecule has 1 rings (SSSR count). The Kier molecular flexibility index (Phi) is 3.69. The zero-order valence-corrected chi connectivity index (χ0v) is 8.34. The molecule has 1 nitrogen and oxygen atoms in total. The monoisotopic (exact) mass is 176 g/mol. The molecule has 0 heterocycles. The van der Waals surface area contributed by atoms with Gasteiger partial charge >= 0.3 is 0 Å². The third-order valence-corrected chi connectivity index (χ3v) is 2.16. The Labute approximate surface area is 79.8 Å². The normalized spacial score (nSPS) is 10.0. The molecule has 0 saturated heterocycles. The lowest BCUT2D eigenvalue weighted by atomic mass is 9.99. The van der Waals surface area contributed by atoms with E-state index in [1.165, 1.54) is 5.56 Å². The van der Waals surface area contributed by atoms with E-state index in [0.29, 0.717) is 6.42 Å². The Morgan fingerprint density at radius 1 is 1.23 bits per heavy atom. The number of hydrogen-bond donors (Lipinski definition) is 0. The molecule has 1 aromatic carbocycles. The van der Waals surface area contributed by atoms with Crippen molar-refractivity contribution in [1.82, 2.24) is 0 Å². The molecular weight excluding hydrogens is 160 g/mol. The molecule has 0 aliphatic heterocycles. The Bertz CT molecular complexity index is 289. The van der Waals surface area contributed by atoms with Crippen molar-refractivity contribution in [2.75, 3.05) is 0 Å². The van der Waals surface area contributed by atoms with Crippen molar-refractivity contribution in [3.63, 3.8) is 0 Å². The van der Waals surface area contributed by atoms with Gasteiger partial charge in [-0.25, -0.2) is 0 Å². The van der Waals surface area contributed by atoms with Gasteiger partial charge in [-0.2, -0.15) is 0 Å². The van der Waals surface area contributed by atoms with E-state index in [1.807, 2.05) is 31.2 Å². The highest BCUT2D eigenvalue weighted by Gasteiger charge is 2.06. The van der Waals surface area contributed by atoms with Gasteiger partial charge in [0.25, 0.3) is 0 Å². The van der Waals surface area contributed by atoms with E-state index in [-0.39, 0.29) is 5.78 Å². The molecule has 1 heteroatoms. The second-order valence-corrected chi connectivity index (χ2v) is 3.18. The molecule has 0 N–H and O–H groups in total. The largest absolute Gasteiger partial charge is 0.294 e. The number of carbonyl (C=O) groups is 1. The number of rotatable bonds is 4. The van der Waals surface area contributed by atoms with E-state index in [2.05, 4.69) is 6.92 Å². The van der Waals surface area contributed by atoms with Crippen LogP contribution in [0, 0.1) is 0 Å². The van der Waals surface area contributed by atoms with Crippen molar-refractivity contribution >= 4 is 5.78 Å². The van der Waals surface area contributed by atoms with E-state index in [1.54, 1.807) is 0 Å². The van der Waals surface area contributed by atoms with Crippen molar-refractivity contribution < 1.29 is 4.79 Å². The summed E-state index contributed by atoms with van der Waals surface area (Å²) < 4.78 is 0. The SMILES string of the molecule is CCCc1ccccc1C(=O)CC. The lowest BCUT2D eigenvalue weighted by molar-refractivity contribution is 0.0987. The van der Waals surface area contributed by atoms with E-state index in [9.17, 15) is 4.79 Å². The van der Waals surface area contributed by atoms with Crippen molar-refractivity contribution in [3.8, 4) is 0 Å². The predicted octanol–water partition coefficient (Wildman–Crippen LogP) is 3.23. The van der Waals surface area contributed by atoms with E-state index >= 15 is 0 Å². The van der Waals surface area contributed by atoms with Crippen molar-refractivity contribution in [2.24, 2.45) is 0 Å². The van der Waals surface area contributed by atoms with Crippen molar-refractivity contribution in [1.29, 1.82) is 0 Å². The van der Waals surface area contributed by atoms with Gasteiger partial charge in [0, 0.05) is 12.0 Å². The maximum absolute atomic E-state index is 11.5. The minimum Gasteiger partial charge on any atom is -0.294 e. The van der Waals surface area contributed by atoms with Gasteiger partial charge < -0.3 is 0 Å². The fraction of sp³-hybridized carbons (Fsp3) is 0.417. The summed E-state index contributed by atoms with van der Waals surface area (Å²) in [4.78, 5) is 11.5. The second-order valence-electron chi connectivity index (χ2n) is 3.18. The topological polar surface area (TPSA) is 17.1 Å². The maximum atomic E-state index is 11.5. The minimum atomic E-state index is 0.254. The van der Waals surface area contributed by atoms with Crippen LogP contribution in [0.4, 0.5) is 0 Å². The Balaban J connectivity index is 2.97. The molecule has 0 aromatic heterocycles. The molecule has 0 aliphatic carbocycles. The lowest BCUT2D eigenvalue weighted by Crippen LogP contribution is -2.01. The van der Waals surface area contributed by atoms with Crippen LogP contribution in [0.2, 0.25) is 0 Å². The van der Waals surface area contributed by atoms with Crippen LogP contribution in [0.1, 0.15) is 42.6 Å². The molecule has 1 aromatic rings. The fourth-order valence-electron chi connectivity index (χ4n) is 1.47. The third kappa shape index (κ3) is 2.41. The number of carbonyl (C=O) groups excluding carboxylic acids is 1. The van der Waals surface area contributed by atoms with Crippen LogP contribution in [0.5, 0.6) is 0 Å². The summed E-state index contributed by atoms with van der Waals surface area (Å²) in [6.07, 6.45) is 2.69. The highest BCUT2D eigenvalue weighted by atomic mass is 16.1. The quantitative estimate of drug-likeness (QED) is 0.644. The van der Waals surface area contributed by atoms with Crippen molar-refractivity contribution in [2.45, 2.75) is 33.1 Å². The van der Waals surface area contributed by atoms with Gasteiger partial charge in [0.05, 0.1) is 0 Å². The Hall–Kier alpha value is -1.11. The smallest absolute Gasteiger partial charge is 0.162 e. The van der Waals surface area contributed by atoms with Crippen LogP contribution in [-0.4, -0.2) is 5.78 Å². The van der Waals surface area contributed by atoms with Crippen molar-refractivity contribution in [3.05, 3.63) is 35.4 Å². The molecule has 0 bridgehead atoms. The highest BCUT2D eigenvalue weighted by molar-refractivity contribution is 5.97. The summed E-state index contributed by atoms with van der Waals surface area (Å²) in [7, 11) is 0. The van der Waals surface area contributed by atoms with Crippen LogP contribution in [0.25, 0.3) is 0 Å². The summed E-state index contributed by atoms with van der Waals surface area (Å²) in [5.41, 5.74) is 2.10. The van der Waals surface area contributed by atoms with E-state index in [0.717, 1.165) is 18.4 Å². The van der Waals surface area contributed by atoms with E-state index < -0.39 is 0 Å². The number of hydrogen-bond acceptors (Lipinski definition) is 1. The first kappa shape index (κ1) is 9.97. The maximum Gasteiger partial charge on any atom is 0.162 e. The number of aryl methyl sites for hydroxylation is 1.